The van der Waals surface area contributed by atoms with Crippen molar-refractivity contribution in [2.75, 3.05) is 12.3 Å². The van der Waals surface area contributed by atoms with E-state index in [1.807, 2.05) is 13.0 Å². The zero-order valence-corrected chi connectivity index (χ0v) is 13.5. The van der Waals surface area contributed by atoms with E-state index in [0.29, 0.717) is 21.5 Å². The number of carbonyl (C=O) groups excluding carboxylic acids is 1. The molecule has 1 aliphatic rings. The predicted octanol–water partition coefficient (Wildman–Crippen LogP) is 2.50. The molecule has 6 nitrogen and oxygen atoms in total. The first-order valence-electron chi connectivity index (χ1n) is 6.71. The Balaban J connectivity index is 1.70. The molecule has 0 fully saturated rings. The lowest BCUT2D eigenvalue weighted by molar-refractivity contribution is 0.0974. The smallest absolute Gasteiger partial charge is 0.259 e. The van der Waals surface area contributed by atoms with E-state index >= 15 is 0 Å². The molecule has 2 aromatic heterocycles. The normalized spacial score (nSPS) is 14.0. The number of rotatable bonds is 4. The summed E-state index contributed by atoms with van der Waals surface area (Å²) in [7, 11) is 0. The number of aliphatic imine (C=N–C) groups is 1. The number of aryl methyl sites for hydroxylation is 1. The molecule has 2 aromatic rings. The number of carbonyl (C=O) groups is 1. The Labute approximate surface area is 136 Å². The van der Waals surface area contributed by atoms with Gasteiger partial charge in [-0.2, -0.15) is 0 Å². The largest absolute Gasteiger partial charge is 0.361 e. The first kappa shape index (κ1) is 15.1. The first-order chi connectivity index (χ1) is 10.7. The van der Waals surface area contributed by atoms with Crippen molar-refractivity contribution in [2.45, 2.75) is 17.7 Å². The summed E-state index contributed by atoms with van der Waals surface area (Å²) in [6, 6.07) is 5.39. The van der Waals surface area contributed by atoms with Gasteiger partial charge in [0.1, 0.15) is 10.8 Å². The molecule has 1 N–H and O–H groups in total. The lowest BCUT2D eigenvalue weighted by atomic mass is 10.3. The van der Waals surface area contributed by atoms with Gasteiger partial charge >= 0.3 is 0 Å². The van der Waals surface area contributed by atoms with Gasteiger partial charge in [-0.3, -0.25) is 9.79 Å². The Bertz CT molecular complexity index is 714. The van der Waals surface area contributed by atoms with Gasteiger partial charge in [-0.05, 0) is 19.1 Å². The molecule has 114 valence electrons. The second-order valence-corrected chi connectivity index (χ2v) is 6.61. The fraction of sp³-hybridized carbons (Fsp3) is 0.286. The number of hydrogen-bond acceptors (Lipinski definition) is 7. The molecule has 0 radical (unpaired) electrons. The van der Waals surface area contributed by atoms with E-state index in [4.69, 9.17) is 4.52 Å². The Morgan fingerprint density at radius 2 is 2.45 bits per heavy atom. The monoisotopic (exact) mass is 334 g/mol. The molecule has 0 atom stereocenters. The SMILES string of the molecule is Cc1cc(CSc2ncccc2C(=O)NC2=NCCS2)no1. The summed E-state index contributed by atoms with van der Waals surface area (Å²) >= 11 is 3.01. The molecule has 3 rings (SSSR count). The minimum absolute atomic E-state index is 0.180. The molecule has 0 aliphatic carbocycles. The summed E-state index contributed by atoms with van der Waals surface area (Å²) in [5, 5.41) is 8.11. The van der Waals surface area contributed by atoms with Crippen LogP contribution in [0.3, 0.4) is 0 Å². The highest BCUT2D eigenvalue weighted by Gasteiger charge is 2.17. The van der Waals surface area contributed by atoms with E-state index in [2.05, 4.69) is 20.4 Å². The van der Waals surface area contributed by atoms with Crippen molar-refractivity contribution in [1.82, 2.24) is 15.5 Å². The zero-order valence-electron chi connectivity index (χ0n) is 11.9. The minimum atomic E-state index is -0.180. The van der Waals surface area contributed by atoms with Crippen LogP contribution in [-0.2, 0) is 5.75 Å². The van der Waals surface area contributed by atoms with Crippen LogP contribution in [0.1, 0.15) is 21.8 Å². The van der Waals surface area contributed by atoms with E-state index in [9.17, 15) is 4.79 Å². The van der Waals surface area contributed by atoms with Crippen molar-refractivity contribution in [3.8, 4) is 0 Å². The van der Waals surface area contributed by atoms with E-state index in [0.717, 1.165) is 23.8 Å². The molecular weight excluding hydrogens is 320 g/mol. The van der Waals surface area contributed by atoms with E-state index in [1.54, 1.807) is 30.1 Å². The quantitative estimate of drug-likeness (QED) is 0.865. The molecule has 0 saturated carbocycles. The number of nitrogens with zero attached hydrogens (tertiary/aromatic N) is 3. The number of thioether (sulfide) groups is 2. The number of nitrogens with one attached hydrogen (secondary N) is 1. The summed E-state index contributed by atoms with van der Waals surface area (Å²) in [6.45, 7) is 2.60. The highest BCUT2D eigenvalue weighted by atomic mass is 32.2. The molecule has 1 aliphatic heterocycles. The number of aromatic nitrogens is 2. The van der Waals surface area contributed by atoms with Crippen LogP contribution in [-0.4, -0.2) is 33.5 Å². The van der Waals surface area contributed by atoms with Crippen LogP contribution in [0, 0.1) is 6.92 Å². The van der Waals surface area contributed by atoms with Gasteiger partial charge < -0.3 is 9.84 Å². The maximum absolute atomic E-state index is 12.3. The Kier molecular flexibility index (Phi) is 4.79. The Morgan fingerprint density at radius 1 is 1.55 bits per heavy atom. The van der Waals surface area contributed by atoms with Crippen molar-refractivity contribution >= 4 is 34.6 Å². The summed E-state index contributed by atoms with van der Waals surface area (Å²) in [5.74, 6) is 2.10. The molecule has 1 amide bonds. The molecular formula is C14H14N4O2S2. The third kappa shape index (κ3) is 3.69. The topological polar surface area (TPSA) is 80.4 Å². The van der Waals surface area contributed by atoms with Crippen LogP contribution in [0.5, 0.6) is 0 Å². The molecule has 8 heteroatoms. The van der Waals surface area contributed by atoms with Crippen molar-refractivity contribution in [1.29, 1.82) is 0 Å². The molecule has 0 aromatic carbocycles. The predicted molar refractivity (Wildman–Crippen MR) is 87.3 cm³/mol. The summed E-state index contributed by atoms with van der Waals surface area (Å²) < 4.78 is 5.04. The number of amidine groups is 1. The Hall–Kier alpha value is -1.80. The van der Waals surface area contributed by atoms with Crippen LogP contribution >= 0.6 is 23.5 Å². The van der Waals surface area contributed by atoms with Gasteiger partial charge in [0.2, 0.25) is 0 Å². The average molecular weight is 334 g/mol. The fourth-order valence-electron chi connectivity index (χ4n) is 1.88. The van der Waals surface area contributed by atoms with Gasteiger partial charge in [0.15, 0.2) is 5.17 Å². The lowest BCUT2D eigenvalue weighted by Crippen LogP contribution is -2.28. The molecule has 3 heterocycles. The van der Waals surface area contributed by atoms with Crippen molar-refractivity contribution in [2.24, 2.45) is 4.99 Å². The highest BCUT2D eigenvalue weighted by molar-refractivity contribution is 8.14. The summed E-state index contributed by atoms with van der Waals surface area (Å²) in [5.41, 5.74) is 1.37. The van der Waals surface area contributed by atoms with Crippen molar-refractivity contribution < 1.29 is 9.32 Å². The second-order valence-electron chi connectivity index (χ2n) is 4.56. The molecule has 0 spiro atoms. The standard InChI is InChI=1S/C14H14N4O2S2/c1-9-7-10(18-20-9)8-22-13-11(3-2-4-15-13)12(19)17-14-16-5-6-21-14/h2-4,7H,5-6,8H2,1H3,(H,16,17,19). The molecule has 0 bridgehead atoms. The lowest BCUT2D eigenvalue weighted by Gasteiger charge is -2.07. The first-order valence-corrected chi connectivity index (χ1v) is 8.68. The van der Waals surface area contributed by atoms with Gasteiger partial charge in [-0.25, -0.2) is 4.98 Å². The van der Waals surface area contributed by atoms with Gasteiger partial charge in [0.05, 0.1) is 17.8 Å². The van der Waals surface area contributed by atoms with Crippen LogP contribution in [0.15, 0.2) is 38.9 Å². The molecule has 22 heavy (non-hydrogen) atoms. The third-order valence-corrected chi connectivity index (χ3v) is 4.79. The average Bonchev–Trinajstić information content (AvgIpc) is 3.17. The van der Waals surface area contributed by atoms with Crippen LogP contribution in [0.4, 0.5) is 0 Å². The van der Waals surface area contributed by atoms with Crippen LogP contribution in [0.2, 0.25) is 0 Å². The maximum atomic E-state index is 12.3. The summed E-state index contributed by atoms with van der Waals surface area (Å²) in [6.07, 6.45) is 1.68. The van der Waals surface area contributed by atoms with Crippen LogP contribution < -0.4 is 5.32 Å². The second kappa shape index (κ2) is 6.97. The maximum Gasteiger partial charge on any atom is 0.259 e. The van der Waals surface area contributed by atoms with E-state index < -0.39 is 0 Å². The van der Waals surface area contributed by atoms with Crippen LogP contribution in [0.25, 0.3) is 0 Å². The van der Waals surface area contributed by atoms with Gasteiger partial charge in [-0.15, -0.1) is 0 Å². The van der Waals surface area contributed by atoms with Gasteiger partial charge in [-0.1, -0.05) is 28.7 Å². The fourth-order valence-corrected chi connectivity index (χ4v) is 3.48. The number of pyridine rings is 1. The highest BCUT2D eigenvalue weighted by Crippen LogP contribution is 2.24. The van der Waals surface area contributed by atoms with Crippen molar-refractivity contribution in [3.05, 3.63) is 41.4 Å². The number of hydrogen-bond donors (Lipinski definition) is 1. The van der Waals surface area contributed by atoms with E-state index in [1.165, 1.54) is 11.8 Å². The zero-order chi connectivity index (χ0) is 15.4. The third-order valence-electron chi connectivity index (χ3n) is 2.86. The molecule has 0 saturated heterocycles. The molecule has 0 unspecified atom stereocenters. The van der Waals surface area contributed by atoms with E-state index in [-0.39, 0.29) is 5.91 Å². The number of amides is 1. The summed E-state index contributed by atoms with van der Waals surface area (Å²) in [4.78, 5) is 20.9. The Morgan fingerprint density at radius 3 is 3.18 bits per heavy atom. The van der Waals surface area contributed by atoms with Gasteiger partial charge in [0, 0.05) is 23.8 Å². The van der Waals surface area contributed by atoms with Crippen molar-refractivity contribution in [3.63, 3.8) is 0 Å². The minimum Gasteiger partial charge on any atom is -0.361 e. The van der Waals surface area contributed by atoms with Gasteiger partial charge in [0.25, 0.3) is 5.91 Å².